The molecule has 1 saturated heterocycles. The van der Waals surface area contributed by atoms with Crippen molar-refractivity contribution in [2.24, 2.45) is 5.92 Å². The minimum Gasteiger partial charge on any atom is -0.316 e. The summed E-state index contributed by atoms with van der Waals surface area (Å²) in [5, 5.41) is 3.36. The smallest absolute Gasteiger partial charge is 0.316 e. The van der Waals surface area contributed by atoms with Crippen LogP contribution >= 0.6 is 0 Å². The fourth-order valence-electron chi connectivity index (χ4n) is 3.86. The monoisotopic (exact) mass is 296 g/mol. The molecule has 1 aliphatic heterocycles. The first kappa shape index (κ1) is 14.9. The van der Waals surface area contributed by atoms with Crippen molar-refractivity contribution in [3.05, 3.63) is 41.3 Å². The highest BCUT2D eigenvalue weighted by atomic mass is 19.4. The molecule has 1 saturated carbocycles. The van der Waals surface area contributed by atoms with Crippen LogP contribution in [0.2, 0.25) is 0 Å². The Morgan fingerprint density at radius 3 is 2.24 bits per heavy atom. The molecule has 1 aromatic rings. The number of halogens is 3. The Hall–Kier alpha value is -1.03. The fraction of sp³-hybridized carbons (Fsp3) is 0.588. The molecule has 2 aliphatic rings. The molecule has 1 aliphatic carbocycles. The molecule has 1 heterocycles. The molecule has 21 heavy (non-hydrogen) atoms. The maximum atomic E-state index is 13.1. The summed E-state index contributed by atoms with van der Waals surface area (Å²) in [6.07, 6.45) is 0.732. The number of rotatable bonds is 2. The molecule has 4 heteroatoms. The lowest BCUT2D eigenvalue weighted by molar-refractivity contribution is -0.138. The van der Waals surface area contributed by atoms with Gasteiger partial charge in [0.15, 0.2) is 0 Å². The first-order valence-electron chi connectivity index (χ1n) is 7.77. The highest BCUT2D eigenvalue weighted by molar-refractivity contribution is 5.33. The molecular formula is C17H21F3N. The molecule has 0 bridgehead atoms. The Balaban J connectivity index is 1.69. The first-order valence-corrected chi connectivity index (χ1v) is 7.77. The Labute approximate surface area is 123 Å². The van der Waals surface area contributed by atoms with E-state index in [9.17, 15) is 13.2 Å². The van der Waals surface area contributed by atoms with Crippen molar-refractivity contribution < 1.29 is 13.2 Å². The van der Waals surface area contributed by atoms with Crippen LogP contribution < -0.4 is 5.32 Å². The van der Waals surface area contributed by atoms with Gasteiger partial charge < -0.3 is 5.32 Å². The second-order valence-electron chi connectivity index (χ2n) is 6.22. The van der Waals surface area contributed by atoms with Gasteiger partial charge in [-0.1, -0.05) is 18.2 Å². The third kappa shape index (κ3) is 3.25. The topological polar surface area (TPSA) is 12.0 Å². The minimum atomic E-state index is -4.24. The first-order chi connectivity index (χ1) is 10.1. The summed E-state index contributed by atoms with van der Waals surface area (Å²) in [5.41, 5.74) is 0.0571. The van der Waals surface area contributed by atoms with Crippen LogP contribution in [0.15, 0.2) is 24.3 Å². The summed E-state index contributed by atoms with van der Waals surface area (Å²) in [7, 11) is 0. The van der Waals surface area contributed by atoms with Gasteiger partial charge in [-0.2, -0.15) is 13.2 Å². The van der Waals surface area contributed by atoms with Crippen LogP contribution in [0.5, 0.6) is 0 Å². The summed E-state index contributed by atoms with van der Waals surface area (Å²) in [4.78, 5) is 0. The molecule has 3 rings (SSSR count). The lowest BCUT2D eigenvalue weighted by Gasteiger charge is -2.32. The average Bonchev–Trinajstić information content (AvgIpc) is 3.01. The molecule has 0 atom stereocenters. The molecular weight excluding hydrogens is 275 g/mol. The summed E-state index contributed by atoms with van der Waals surface area (Å²) in [5.74, 6) is 2.26. The molecule has 0 amide bonds. The third-order valence-electron chi connectivity index (χ3n) is 4.99. The Bertz CT molecular complexity index is 469. The van der Waals surface area contributed by atoms with E-state index < -0.39 is 11.7 Å². The number of nitrogens with one attached hydrogen (secondary N) is 1. The second-order valence-corrected chi connectivity index (χ2v) is 6.22. The maximum Gasteiger partial charge on any atom is 0.416 e. The molecule has 2 fully saturated rings. The van der Waals surface area contributed by atoms with Crippen LogP contribution in [-0.4, -0.2) is 13.1 Å². The standard InChI is InChI=1S/C17H21F3N/c18-17(19,20)16-4-2-1-3-15(16)13-7-5-12(6-8-13)14-9-10-21-11-14/h1-4,12-13,21H,5-11H2. The van der Waals surface area contributed by atoms with Crippen LogP contribution in [0.25, 0.3) is 0 Å². The highest BCUT2D eigenvalue weighted by Crippen LogP contribution is 2.44. The molecule has 1 nitrogen and oxygen atoms in total. The van der Waals surface area contributed by atoms with Gasteiger partial charge in [0, 0.05) is 6.54 Å². The van der Waals surface area contributed by atoms with E-state index in [1.807, 2.05) is 0 Å². The molecule has 1 N–H and O–H groups in total. The normalized spacial score (nSPS) is 28.0. The van der Waals surface area contributed by atoms with Crippen LogP contribution in [0.4, 0.5) is 13.2 Å². The van der Waals surface area contributed by atoms with Crippen molar-refractivity contribution in [3.8, 4) is 0 Å². The zero-order valence-electron chi connectivity index (χ0n) is 12.0. The van der Waals surface area contributed by atoms with Gasteiger partial charge in [0.1, 0.15) is 0 Å². The van der Waals surface area contributed by atoms with E-state index >= 15 is 0 Å². The number of hydrogen-bond acceptors (Lipinski definition) is 1. The van der Waals surface area contributed by atoms with Gasteiger partial charge in [0.25, 0.3) is 0 Å². The van der Waals surface area contributed by atoms with Gasteiger partial charge in [-0.3, -0.25) is 0 Å². The van der Waals surface area contributed by atoms with Gasteiger partial charge >= 0.3 is 6.18 Å². The number of hydrogen-bond donors (Lipinski definition) is 1. The lowest BCUT2D eigenvalue weighted by atomic mass is 9.73. The van der Waals surface area contributed by atoms with Crippen molar-refractivity contribution in [2.75, 3.05) is 13.1 Å². The predicted molar refractivity (Wildman–Crippen MR) is 76.9 cm³/mol. The van der Waals surface area contributed by atoms with Crippen molar-refractivity contribution in [1.82, 2.24) is 5.32 Å². The van der Waals surface area contributed by atoms with E-state index in [0.29, 0.717) is 11.5 Å². The van der Waals surface area contributed by atoms with Crippen LogP contribution in [-0.2, 0) is 6.18 Å². The van der Waals surface area contributed by atoms with E-state index in [-0.39, 0.29) is 5.92 Å². The third-order valence-corrected chi connectivity index (χ3v) is 4.99. The Morgan fingerprint density at radius 2 is 1.62 bits per heavy atom. The average molecular weight is 296 g/mol. The van der Waals surface area contributed by atoms with Gasteiger partial charge in [-0.05, 0) is 68.0 Å². The van der Waals surface area contributed by atoms with E-state index in [1.165, 1.54) is 12.1 Å². The van der Waals surface area contributed by atoms with Gasteiger partial charge in [-0.25, -0.2) is 0 Å². The molecule has 0 unspecified atom stereocenters. The molecule has 1 aromatic carbocycles. The Kier molecular flexibility index (Phi) is 4.25. The summed E-state index contributed by atoms with van der Waals surface area (Å²) in [6, 6.07) is 6.10. The van der Waals surface area contributed by atoms with Gasteiger partial charge in [-0.15, -0.1) is 0 Å². The molecule has 0 aromatic heterocycles. The highest BCUT2D eigenvalue weighted by Gasteiger charge is 2.37. The van der Waals surface area contributed by atoms with Crippen molar-refractivity contribution in [2.45, 2.75) is 44.2 Å². The Morgan fingerprint density at radius 1 is 0.952 bits per heavy atom. The summed E-state index contributed by atoms with van der Waals surface area (Å²) < 4.78 is 39.3. The fourth-order valence-corrected chi connectivity index (χ4v) is 3.86. The molecule has 1 radical (unpaired) electrons. The zero-order chi connectivity index (χ0) is 14.9. The van der Waals surface area contributed by atoms with Crippen LogP contribution in [0.1, 0.15) is 49.1 Å². The molecule has 0 spiro atoms. The quantitative estimate of drug-likeness (QED) is 0.844. The molecule has 115 valence electrons. The van der Waals surface area contributed by atoms with Crippen molar-refractivity contribution in [1.29, 1.82) is 0 Å². The van der Waals surface area contributed by atoms with E-state index in [4.69, 9.17) is 0 Å². The van der Waals surface area contributed by atoms with E-state index in [0.717, 1.165) is 45.2 Å². The van der Waals surface area contributed by atoms with Crippen LogP contribution in [0.3, 0.4) is 0 Å². The largest absolute Gasteiger partial charge is 0.416 e. The van der Waals surface area contributed by atoms with Gasteiger partial charge in [0.05, 0.1) is 5.56 Å². The SMILES string of the molecule is FC(F)(F)c1ccccc1C1CCC([C]2CCNC2)CC1. The lowest BCUT2D eigenvalue weighted by Crippen LogP contribution is -2.22. The van der Waals surface area contributed by atoms with Crippen molar-refractivity contribution in [3.63, 3.8) is 0 Å². The predicted octanol–water partition coefficient (Wildman–Crippen LogP) is 4.55. The van der Waals surface area contributed by atoms with Crippen LogP contribution in [0, 0.1) is 11.8 Å². The summed E-state index contributed by atoms with van der Waals surface area (Å²) >= 11 is 0. The van der Waals surface area contributed by atoms with E-state index in [2.05, 4.69) is 5.32 Å². The minimum absolute atomic E-state index is 0.0639. The maximum absolute atomic E-state index is 13.1. The number of benzene rings is 1. The number of alkyl halides is 3. The second kappa shape index (κ2) is 5.99. The zero-order valence-corrected chi connectivity index (χ0v) is 12.0. The van der Waals surface area contributed by atoms with Gasteiger partial charge in [0.2, 0.25) is 0 Å². The summed E-state index contributed by atoms with van der Waals surface area (Å²) in [6.45, 7) is 2.07. The van der Waals surface area contributed by atoms with E-state index in [1.54, 1.807) is 18.1 Å². The van der Waals surface area contributed by atoms with Crippen molar-refractivity contribution >= 4 is 0 Å².